The van der Waals surface area contributed by atoms with E-state index < -0.39 is 30.6 Å². The number of rotatable bonds is 6. The van der Waals surface area contributed by atoms with Crippen molar-refractivity contribution in [3.8, 4) is 0 Å². The molecule has 2 aromatic rings. The highest BCUT2D eigenvalue weighted by Gasteiger charge is 2.43. The van der Waals surface area contributed by atoms with Crippen molar-refractivity contribution >= 4 is 17.5 Å². The largest absolute Gasteiger partial charge is 0.388 e. The first-order valence-corrected chi connectivity index (χ1v) is 9.58. The number of ether oxygens (including phenoxy) is 1. The molecule has 3 rings (SSSR count). The van der Waals surface area contributed by atoms with Crippen LogP contribution in [0.5, 0.6) is 0 Å². The van der Waals surface area contributed by atoms with E-state index in [4.69, 9.17) is 4.74 Å². The predicted molar refractivity (Wildman–Crippen MR) is 104 cm³/mol. The van der Waals surface area contributed by atoms with Crippen molar-refractivity contribution in [2.24, 2.45) is 0 Å². The molecule has 1 saturated heterocycles. The third kappa shape index (κ3) is 4.82. The summed E-state index contributed by atoms with van der Waals surface area (Å²) in [5, 5.41) is 43.0. The third-order valence-electron chi connectivity index (χ3n) is 4.81. The molecule has 30 heavy (non-hydrogen) atoms. The van der Waals surface area contributed by atoms with Gasteiger partial charge in [0.2, 0.25) is 5.91 Å². The molecule has 11 nitrogen and oxygen atoms in total. The highest BCUT2D eigenvalue weighted by molar-refractivity contribution is 5.97. The Hall–Kier alpha value is -2.86. The molecule has 1 aromatic carbocycles. The van der Waals surface area contributed by atoms with Crippen molar-refractivity contribution in [1.29, 1.82) is 0 Å². The number of aromatic nitrogens is 3. The maximum atomic E-state index is 12.4. The normalized spacial score (nSPS) is 26.2. The molecule has 1 aliphatic rings. The van der Waals surface area contributed by atoms with Gasteiger partial charge in [-0.2, -0.15) is 0 Å². The van der Waals surface area contributed by atoms with Gasteiger partial charge in [-0.1, -0.05) is 18.2 Å². The van der Waals surface area contributed by atoms with Crippen molar-refractivity contribution in [3.05, 3.63) is 41.7 Å². The lowest BCUT2D eigenvalue weighted by molar-refractivity contribution is -0.243. The highest BCUT2D eigenvalue weighted by Crippen LogP contribution is 2.27. The van der Waals surface area contributed by atoms with Crippen LogP contribution in [0, 0.1) is 0 Å². The summed E-state index contributed by atoms with van der Waals surface area (Å²) in [4.78, 5) is 23.9. The van der Waals surface area contributed by atoms with E-state index in [1.807, 2.05) is 0 Å². The van der Waals surface area contributed by atoms with E-state index in [-0.39, 0.29) is 18.4 Å². The molecular weight excluding hydrogens is 394 g/mol. The van der Waals surface area contributed by atoms with Gasteiger partial charge in [-0.25, -0.2) is 4.68 Å². The summed E-state index contributed by atoms with van der Waals surface area (Å²) >= 11 is 0. The highest BCUT2D eigenvalue weighted by atomic mass is 16.5. The summed E-state index contributed by atoms with van der Waals surface area (Å²) in [6.07, 6.45) is -3.90. The zero-order valence-electron chi connectivity index (χ0n) is 16.6. The van der Waals surface area contributed by atoms with Gasteiger partial charge in [0.25, 0.3) is 5.91 Å². The van der Waals surface area contributed by atoms with Gasteiger partial charge >= 0.3 is 0 Å². The van der Waals surface area contributed by atoms with Crippen LogP contribution in [0.2, 0.25) is 0 Å². The van der Waals surface area contributed by atoms with Crippen LogP contribution in [0.15, 0.2) is 30.5 Å². The van der Waals surface area contributed by atoms with Crippen LogP contribution in [-0.4, -0.2) is 66.5 Å². The Kier molecular flexibility index (Phi) is 6.77. The van der Waals surface area contributed by atoms with E-state index in [1.54, 1.807) is 38.1 Å². The SMILES string of the molecule is CCC(=O)Nc1cccc(C(=O)NCc2cn([C@H]3O[C@@H](C)[C@@H](O)[C@@H](O)[C@@H]3O)nn2)c1. The van der Waals surface area contributed by atoms with Crippen LogP contribution in [-0.2, 0) is 16.1 Å². The molecule has 11 heteroatoms. The smallest absolute Gasteiger partial charge is 0.251 e. The maximum absolute atomic E-state index is 12.4. The second-order valence-corrected chi connectivity index (χ2v) is 7.06. The number of nitrogens with one attached hydrogen (secondary N) is 2. The van der Waals surface area contributed by atoms with Gasteiger partial charge in [-0.3, -0.25) is 9.59 Å². The lowest BCUT2D eigenvalue weighted by atomic mass is 9.99. The molecule has 162 valence electrons. The molecule has 1 aromatic heterocycles. The van der Waals surface area contributed by atoms with Gasteiger partial charge in [-0.15, -0.1) is 5.10 Å². The summed E-state index contributed by atoms with van der Waals surface area (Å²) in [7, 11) is 0. The number of anilines is 1. The molecule has 0 bridgehead atoms. The average Bonchev–Trinajstić information content (AvgIpc) is 3.22. The average molecular weight is 419 g/mol. The Morgan fingerprint density at radius 3 is 2.70 bits per heavy atom. The van der Waals surface area contributed by atoms with Gasteiger partial charge in [0, 0.05) is 17.7 Å². The minimum atomic E-state index is -1.39. The molecule has 0 aliphatic carbocycles. The van der Waals surface area contributed by atoms with Gasteiger partial charge in [0.05, 0.1) is 18.8 Å². The minimum absolute atomic E-state index is 0.0634. The molecule has 0 spiro atoms. The molecule has 0 unspecified atom stereocenters. The molecule has 5 N–H and O–H groups in total. The van der Waals surface area contributed by atoms with Crippen LogP contribution in [0.1, 0.15) is 42.5 Å². The topological polar surface area (TPSA) is 159 Å². The second-order valence-electron chi connectivity index (χ2n) is 7.06. The summed E-state index contributed by atoms with van der Waals surface area (Å²) in [5.41, 5.74) is 1.30. The fourth-order valence-electron chi connectivity index (χ4n) is 3.03. The Balaban J connectivity index is 1.61. The van der Waals surface area contributed by atoms with Crippen molar-refractivity contribution in [1.82, 2.24) is 20.3 Å². The van der Waals surface area contributed by atoms with E-state index in [0.29, 0.717) is 23.4 Å². The van der Waals surface area contributed by atoms with Crippen molar-refractivity contribution in [3.63, 3.8) is 0 Å². The fourth-order valence-corrected chi connectivity index (χ4v) is 3.03. The van der Waals surface area contributed by atoms with E-state index in [9.17, 15) is 24.9 Å². The van der Waals surface area contributed by atoms with E-state index in [1.165, 1.54) is 10.9 Å². The summed E-state index contributed by atoms with van der Waals surface area (Å²) in [6, 6.07) is 6.55. The Bertz CT molecular complexity index is 903. The first-order valence-electron chi connectivity index (χ1n) is 9.58. The molecule has 2 amide bonds. The van der Waals surface area contributed by atoms with E-state index in [2.05, 4.69) is 20.9 Å². The minimum Gasteiger partial charge on any atom is -0.388 e. The van der Waals surface area contributed by atoms with E-state index in [0.717, 1.165) is 0 Å². The van der Waals surface area contributed by atoms with Crippen molar-refractivity contribution < 1.29 is 29.6 Å². The number of aliphatic hydroxyl groups is 3. The van der Waals surface area contributed by atoms with E-state index >= 15 is 0 Å². The van der Waals surface area contributed by atoms with Gasteiger partial charge < -0.3 is 30.7 Å². The molecule has 0 saturated carbocycles. The van der Waals surface area contributed by atoms with Crippen LogP contribution in [0.3, 0.4) is 0 Å². The predicted octanol–water partition coefficient (Wildman–Crippen LogP) is -0.443. The number of amides is 2. The molecule has 1 fully saturated rings. The zero-order chi connectivity index (χ0) is 21.8. The van der Waals surface area contributed by atoms with Gasteiger partial charge in [0.1, 0.15) is 24.0 Å². The molecule has 1 aliphatic heterocycles. The number of aliphatic hydroxyl groups excluding tert-OH is 3. The number of carbonyl (C=O) groups is 2. The monoisotopic (exact) mass is 419 g/mol. The quantitative estimate of drug-likeness (QED) is 0.421. The number of benzene rings is 1. The lowest BCUT2D eigenvalue weighted by Crippen LogP contribution is -2.54. The standard InChI is InChI=1S/C19H25N5O6/c1-3-14(25)21-12-6-4-5-11(7-12)18(29)20-8-13-9-24(23-22-13)19-17(28)16(27)15(26)10(2)30-19/h4-7,9-10,15-17,19,26-28H,3,8H2,1-2H3,(H,20,29)(H,21,25)/t10-,15+,16+,17-,19-/m0/s1. The maximum Gasteiger partial charge on any atom is 0.251 e. The molecular formula is C19H25N5O6. The number of nitrogens with zero attached hydrogens (tertiary/aromatic N) is 3. The molecule has 2 heterocycles. The summed E-state index contributed by atoms with van der Waals surface area (Å²) in [5.74, 6) is -0.512. The van der Waals surface area contributed by atoms with Crippen molar-refractivity contribution in [2.75, 3.05) is 5.32 Å². The Labute approximate surface area is 172 Å². The summed E-state index contributed by atoms with van der Waals surface area (Å²) in [6.45, 7) is 3.37. The first kappa shape index (κ1) is 21.8. The second kappa shape index (κ2) is 9.30. The van der Waals surface area contributed by atoms with Crippen LogP contribution < -0.4 is 10.6 Å². The van der Waals surface area contributed by atoms with Crippen LogP contribution >= 0.6 is 0 Å². The lowest BCUT2D eigenvalue weighted by Gasteiger charge is -2.38. The Morgan fingerprint density at radius 2 is 1.97 bits per heavy atom. The Morgan fingerprint density at radius 1 is 1.20 bits per heavy atom. The number of hydrogen-bond acceptors (Lipinski definition) is 8. The first-order chi connectivity index (χ1) is 14.3. The van der Waals surface area contributed by atoms with Crippen molar-refractivity contribution in [2.45, 2.75) is 57.5 Å². The fraction of sp³-hybridized carbons (Fsp3) is 0.474. The summed E-state index contributed by atoms with van der Waals surface area (Å²) < 4.78 is 6.74. The van der Waals surface area contributed by atoms with Crippen LogP contribution in [0.25, 0.3) is 0 Å². The van der Waals surface area contributed by atoms with Gasteiger partial charge in [0.15, 0.2) is 6.23 Å². The zero-order valence-corrected chi connectivity index (χ0v) is 16.6. The molecule has 5 atom stereocenters. The molecule has 0 radical (unpaired) electrons. The van der Waals surface area contributed by atoms with Crippen LogP contribution in [0.4, 0.5) is 5.69 Å². The number of carbonyl (C=O) groups excluding carboxylic acids is 2. The van der Waals surface area contributed by atoms with Gasteiger partial charge in [-0.05, 0) is 25.1 Å². The third-order valence-corrected chi connectivity index (χ3v) is 4.81. The number of hydrogen-bond donors (Lipinski definition) is 5.